The maximum absolute atomic E-state index is 10.8. The molecular weight excluding hydrogens is 288 g/mol. The van der Waals surface area contributed by atoms with Gasteiger partial charge in [0.2, 0.25) is 0 Å². The highest BCUT2D eigenvalue weighted by Gasteiger charge is 2.19. The lowest BCUT2D eigenvalue weighted by Crippen LogP contribution is -2.13. The van der Waals surface area contributed by atoms with Gasteiger partial charge >= 0.3 is 5.97 Å². The molecule has 0 aromatic carbocycles. The van der Waals surface area contributed by atoms with Crippen LogP contribution in [0, 0.1) is 5.92 Å². The van der Waals surface area contributed by atoms with Crippen molar-refractivity contribution in [3.63, 3.8) is 0 Å². The number of hydrogen-bond donors (Lipinski definition) is 1. The van der Waals surface area contributed by atoms with Crippen molar-refractivity contribution >= 4 is 17.3 Å². The van der Waals surface area contributed by atoms with Crippen LogP contribution in [-0.2, 0) is 24.2 Å². The highest BCUT2D eigenvalue weighted by atomic mass is 32.1. The Kier molecular flexibility index (Phi) is 4.01. The molecule has 2 aromatic rings. The summed E-state index contributed by atoms with van der Waals surface area (Å²) in [4.78, 5) is 13.3. The van der Waals surface area contributed by atoms with Crippen LogP contribution in [-0.4, -0.2) is 31.3 Å². The molecule has 112 valence electrons. The molecule has 0 bridgehead atoms. The van der Waals surface area contributed by atoms with E-state index < -0.39 is 5.97 Å². The predicted molar refractivity (Wildman–Crippen MR) is 79.2 cm³/mol. The Hall–Kier alpha value is -1.76. The first-order chi connectivity index (χ1) is 10.1. The molecule has 0 aliphatic heterocycles. The molecule has 0 radical (unpaired) electrons. The summed E-state index contributed by atoms with van der Waals surface area (Å²) < 4.78 is 1.73. The largest absolute Gasteiger partial charge is 0.481 e. The molecule has 21 heavy (non-hydrogen) atoms. The molecule has 3 rings (SSSR count). The molecule has 0 spiro atoms. The number of aryl methyl sites for hydroxylation is 2. The molecule has 7 heteroatoms. The first kappa shape index (κ1) is 14.2. The van der Waals surface area contributed by atoms with E-state index in [9.17, 15) is 4.79 Å². The molecule has 6 nitrogen and oxygen atoms in total. The number of rotatable bonds is 5. The second-order valence-corrected chi connectivity index (χ2v) is 6.79. The van der Waals surface area contributed by atoms with Crippen LogP contribution >= 0.6 is 11.3 Å². The topological polar surface area (TPSA) is 80.9 Å². The Morgan fingerprint density at radius 2 is 2.29 bits per heavy atom. The zero-order valence-corrected chi connectivity index (χ0v) is 12.8. The molecule has 1 N–H and O–H groups in total. The quantitative estimate of drug-likeness (QED) is 0.917. The molecule has 2 aromatic heterocycles. The first-order valence-corrected chi connectivity index (χ1v) is 8.05. The van der Waals surface area contributed by atoms with Gasteiger partial charge in [0, 0.05) is 17.8 Å². The smallest absolute Gasteiger partial charge is 0.303 e. The van der Waals surface area contributed by atoms with Crippen LogP contribution < -0.4 is 0 Å². The lowest BCUT2D eigenvalue weighted by atomic mass is 9.99. The summed E-state index contributed by atoms with van der Waals surface area (Å²) in [5.41, 5.74) is 1.43. The number of carbonyl (C=O) groups is 1. The number of nitrogens with zero attached hydrogens (tertiary/aromatic N) is 4. The van der Waals surface area contributed by atoms with Gasteiger partial charge in [0.1, 0.15) is 0 Å². The van der Waals surface area contributed by atoms with Crippen LogP contribution in [0.3, 0.4) is 0 Å². The third-order valence-corrected chi connectivity index (χ3v) is 4.99. The van der Waals surface area contributed by atoms with E-state index in [0.29, 0.717) is 6.54 Å². The predicted octanol–water partition coefficient (Wildman–Crippen LogP) is 2.39. The average Bonchev–Trinajstić information content (AvgIpc) is 3.02. The standard InChI is InChI=1S/C14H18N4O2S/c1-9(6-13(19)20)8-18-14(15-16-17-18)12-7-10-4-2-3-5-11(10)21-12/h7,9H,2-6,8H2,1H3,(H,19,20). The number of aromatic nitrogens is 4. The van der Waals surface area contributed by atoms with Gasteiger partial charge < -0.3 is 5.11 Å². The summed E-state index contributed by atoms with van der Waals surface area (Å²) >= 11 is 1.77. The number of fused-ring (bicyclic) bond motifs is 1. The normalized spacial score (nSPS) is 15.7. The van der Waals surface area contributed by atoms with Crippen molar-refractivity contribution in [3.05, 3.63) is 16.5 Å². The fraction of sp³-hybridized carbons (Fsp3) is 0.571. The Balaban J connectivity index is 1.81. The summed E-state index contributed by atoms with van der Waals surface area (Å²) in [6.07, 6.45) is 4.93. The van der Waals surface area contributed by atoms with Crippen molar-refractivity contribution in [2.45, 2.75) is 45.6 Å². The van der Waals surface area contributed by atoms with Crippen LogP contribution in [0.2, 0.25) is 0 Å². The van der Waals surface area contributed by atoms with Gasteiger partial charge in [-0.25, -0.2) is 4.68 Å². The Morgan fingerprint density at radius 1 is 1.48 bits per heavy atom. The monoisotopic (exact) mass is 306 g/mol. The van der Waals surface area contributed by atoms with Gasteiger partial charge in [-0.1, -0.05) is 6.92 Å². The lowest BCUT2D eigenvalue weighted by Gasteiger charge is -2.09. The molecule has 2 heterocycles. The van der Waals surface area contributed by atoms with E-state index in [4.69, 9.17) is 5.11 Å². The second-order valence-electron chi connectivity index (χ2n) is 5.65. The van der Waals surface area contributed by atoms with E-state index in [1.54, 1.807) is 16.0 Å². The van der Waals surface area contributed by atoms with Crippen molar-refractivity contribution in [1.29, 1.82) is 0 Å². The highest BCUT2D eigenvalue weighted by molar-refractivity contribution is 7.15. The van der Waals surface area contributed by atoms with Crippen LogP contribution in [0.25, 0.3) is 10.7 Å². The zero-order chi connectivity index (χ0) is 14.8. The third-order valence-electron chi connectivity index (χ3n) is 3.76. The lowest BCUT2D eigenvalue weighted by molar-refractivity contribution is -0.138. The third kappa shape index (κ3) is 3.12. The fourth-order valence-corrected chi connectivity index (χ4v) is 4.01. The molecule has 0 saturated heterocycles. The number of carboxylic acids is 1. The SMILES string of the molecule is CC(CC(=O)O)Cn1nnnc1-c1cc2c(s1)CCCC2. The first-order valence-electron chi connectivity index (χ1n) is 7.23. The summed E-state index contributed by atoms with van der Waals surface area (Å²) in [5, 5.41) is 20.8. The van der Waals surface area contributed by atoms with E-state index in [1.165, 1.54) is 23.3 Å². The van der Waals surface area contributed by atoms with E-state index in [1.807, 2.05) is 6.92 Å². The molecule has 0 amide bonds. The highest BCUT2D eigenvalue weighted by Crippen LogP contribution is 2.34. The van der Waals surface area contributed by atoms with Gasteiger partial charge in [-0.2, -0.15) is 0 Å². The molecular formula is C14H18N4O2S. The Labute approximate surface area is 126 Å². The average molecular weight is 306 g/mol. The molecule has 1 unspecified atom stereocenters. The van der Waals surface area contributed by atoms with Crippen LogP contribution in [0.15, 0.2) is 6.07 Å². The van der Waals surface area contributed by atoms with Crippen LogP contribution in [0.5, 0.6) is 0 Å². The zero-order valence-electron chi connectivity index (χ0n) is 11.9. The van der Waals surface area contributed by atoms with Crippen molar-refractivity contribution in [3.8, 4) is 10.7 Å². The minimum atomic E-state index is -0.788. The van der Waals surface area contributed by atoms with Crippen molar-refractivity contribution < 1.29 is 9.90 Å². The second kappa shape index (κ2) is 5.93. The number of thiophene rings is 1. The molecule has 0 saturated carbocycles. The minimum Gasteiger partial charge on any atom is -0.481 e. The van der Waals surface area contributed by atoms with Crippen LogP contribution in [0.4, 0.5) is 0 Å². The van der Waals surface area contributed by atoms with E-state index in [2.05, 4.69) is 21.6 Å². The van der Waals surface area contributed by atoms with Crippen molar-refractivity contribution in [1.82, 2.24) is 20.2 Å². The number of tetrazole rings is 1. The molecule has 1 atom stereocenters. The molecule has 1 aliphatic carbocycles. The summed E-state index contributed by atoms with van der Waals surface area (Å²) in [6.45, 7) is 2.43. The van der Waals surface area contributed by atoms with Gasteiger partial charge in [0.25, 0.3) is 0 Å². The number of aliphatic carboxylic acids is 1. The minimum absolute atomic E-state index is 0.000614. The molecule has 0 fully saturated rings. The van der Waals surface area contributed by atoms with Gasteiger partial charge in [-0.15, -0.1) is 16.4 Å². The van der Waals surface area contributed by atoms with Gasteiger partial charge in [-0.05, 0) is 53.7 Å². The number of hydrogen-bond acceptors (Lipinski definition) is 5. The maximum Gasteiger partial charge on any atom is 0.303 e. The Bertz CT molecular complexity index is 626. The maximum atomic E-state index is 10.8. The fourth-order valence-electron chi connectivity index (χ4n) is 2.76. The molecule has 1 aliphatic rings. The van der Waals surface area contributed by atoms with E-state index in [0.717, 1.165) is 23.5 Å². The van der Waals surface area contributed by atoms with Crippen molar-refractivity contribution in [2.75, 3.05) is 0 Å². The Morgan fingerprint density at radius 3 is 3.05 bits per heavy atom. The number of carboxylic acid groups (broad SMARTS) is 1. The van der Waals surface area contributed by atoms with E-state index >= 15 is 0 Å². The summed E-state index contributed by atoms with van der Waals surface area (Å²) in [7, 11) is 0. The van der Waals surface area contributed by atoms with Gasteiger partial charge in [0.15, 0.2) is 5.82 Å². The van der Waals surface area contributed by atoms with E-state index in [-0.39, 0.29) is 12.3 Å². The van der Waals surface area contributed by atoms with Crippen molar-refractivity contribution in [2.24, 2.45) is 5.92 Å². The van der Waals surface area contributed by atoms with Gasteiger partial charge in [-0.3, -0.25) is 4.79 Å². The summed E-state index contributed by atoms with van der Waals surface area (Å²) in [5.74, 6) is -0.0327. The van der Waals surface area contributed by atoms with Gasteiger partial charge in [0.05, 0.1) is 4.88 Å². The summed E-state index contributed by atoms with van der Waals surface area (Å²) in [6, 6.07) is 2.20. The van der Waals surface area contributed by atoms with Crippen LogP contribution in [0.1, 0.15) is 36.6 Å².